The molecule has 0 aromatic carbocycles. The monoisotopic (exact) mass is 201 g/mol. The number of aromatic nitrogens is 3. The second-order valence-corrected chi connectivity index (χ2v) is 3.80. The van der Waals surface area contributed by atoms with E-state index in [1.165, 1.54) is 0 Å². The van der Waals surface area contributed by atoms with Gasteiger partial charge in [-0.2, -0.15) is 0 Å². The fourth-order valence-corrected chi connectivity index (χ4v) is 1.64. The number of hydrogen-bond donors (Lipinski definition) is 0. The Labute approximate surface area is 81.9 Å². The van der Waals surface area contributed by atoms with Crippen molar-refractivity contribution in [2.24, 2.45) is 0 Å². The van der Waals surface area contributed by atoms with Crippen molar-refractivity contribution in [2.75, 3.05) is 6.61 Å². The molecule has 13 heavy (non-hydrogen) atoms. The van der Waals surface area contributed by atoms with Gasteiger partial charge in [0.25, 0.3) is 0 Å². The van der Waals surface area contributed by atoms with Crippen LogP contribution in [0.3, 0.4) is 0 Å². The minimum atomic E-state index is -0.0839. The second-order valence-electron chi connectivity index (χ2n) is 3.15. The highest BCUT2D eigenvalue weighted by atomic mass is 35.5. The molecule has 0 amide bonds. The number of alkyl halides is 1. The van der Waals surface area contributed by atoms with Crippen LogP contribution in [0.4, 0.5) is 0 Å². The summed E-state index contributed by atoms with van der Waals surface area (Å²) in [6, 6.07) is 0. The van der Waals surface area contributed by atoms with Crippen LogP contribution in [0.15, 0.2) is 0 Å². The maximum Gasteiger partial charge on any atom is 0.159 e. The fraction of sp³-hybridized carbons (Fsp3) is 0.750. The van der Waals surface area contributed by atoms with Gasteiger partial charge in [-0.15, -0.1) is 21.8 Å². The summed E-state index contributed by atoms with van der Waals surface area (Å²) in [5, 5.41) is 8.00. The molecule has 0 spiro atoms. The Bertz CT molecular complexity index is 298. The first-order valence-corrected chi connectivity index (χ1v) is 4.86. The van der Waals surface area contributed by atoms with Crippen molar-refractivity contribution in [1.82, 2.24) is 14.8 Å². The third kappa shape index (κ3) is 1.69. The molecule has 2 rings (SSSR count). The Morgan fingerprint density at radius 2 is 2.38 bits per heavy atom. The summed E-state index contributed by atoms with van der Waals surface area (Å²) in [6.45, 7) is 4.16. The smallest absolute Gasteiger partial charge is 0.159 e. The quantitative estimate of drug-likeness (QED) is 0.647. The van der Waals surface area contributed by atoms with Crippen molar-refractivity contribution in [1.29, 1.82) is 0 Å². The van der Waals surface area contributed by atoms with Crippen molar-refractivity contribution < 1.29 is 4.74 Å². The van der Waals surface area contributed by atoms with Gasteiger partial charge in [0, 0.05) is 13.2 Å². The molecule has 1 aromatic rings. The Balaban J connectivity index is 2.34. The van der Waals surface area contributed by atoms with Gasteiger partial charge in [-0.05, 0) is 13.3 Å². The number of halogens is 1. The fourth-order valence-electron chi connectivity index (χ4n) is 1.48. The van der Waals surface area contributed by atoms with E-state index >= 15 is 0 Å². The van der Waals surface area contributed by atoms with Gasteiger partial charge in [0.15, 0.2) is 11.6 Å². The van der Waals surface area contributed by atoms with Crippen LogP contribution < -0.4 is 0 Å². The van der Waals surface area contributed by atoms with Crippen molar-refractivity contribution in [3.63, 3.8) is 0 Å². The molecule has 1 aliphatic heterocycles. The Kier molecular flexibility index (Phi) is 2.51. The van der Waals surface area contributed by atoms with Gasteiger partial charge in [0.1, 0.15) is 6.61 Å². The van der Waals surface area contributed by atoms with Gasteiger partial charge in [-0.3, -0.25) is 0 Å². The van der Waals surface area contributed by atoms with Crippen LogP contribution >= 0.6 is 11.6 Å². The highest BCUT2D eigenvalue weighted by Crippen LogP contribution is 2.20. The third-order valence-corrected chi connectivity index (χ3v) is 2.31. The molecule has 1 aromatic heterocycles. The zero-order valence-electron chi connectivity index (χ0n) is 7.53. The molecule has 2 heterocycles. The Morgan fingerprint density at radius 1 is 1.54 bits per heavy atom. The molecule has 0 N–H and O–H groups in total. The van der Waals surface area contributed by atoms with Crippen LogP contribution in [0, 0.1) is 0 Å². The number of nitrogens with zero attached hydrogens (tertiary/aromatic N) is 3. The average Bonchev–Trinajstić information content (AvgIpc) is 2.36. The van der Waals surface area contributed by atoms with Crippen molar-refractivity contribution in [3.8, 4) is 0 Å². The van der Waals surface area contributed by atoms with E-state index in [0.29, 0.717) is 6.61 Å². The maximum atomic E-state index is 5.97. The lowest BCUT2D eigenvalue weighted by atomic mass is 10.4. The molecule has 0 saturated heterocycles. The number of hydrogen-bond acceptors (Lipinski definition) is 3. The zero-order chi connectivity index (χ0) is 9.26. The molecule has 1 unspecified atom stereocenters. The molecular formula is C8H12ClN3O. The SMILES string of the molecule is CC(Cl)c1nnc2n1CCCOC2. The van der Waals surface area contributed by atoms with Gasteiger partial charge in [0.05, 0.1) is 5.38 Å². The van der Waals surface area contributed by atoms with E-state index in [-0.39, 0.29) is 5.38 Å². The molecule has 72 valence electrons. The van der Waals surface area contributed by atoms with E-state index < -0.39 is 0 Å². The Hall–Kier alpha value is -0.610. The first-order valence-electron chi connectivity index (χ1n) is 4.43. The van der Waals surface area contributed by atoms with Gasteiger partial charge in [-0.25, -0.2) is 0 Å². The molecule has 5 heteroatoms. The summed E-state index contributed by atoms with van der Waals surface area (Å²) in [6.07, 6.45) is 1.00. The summed E-state index contributed by atoms with van der Waals surface area (Å²) in [5.41, 5.74) is 0. The minimum absolute atomic E-state index is 0.0839. The summed E-state index contributed by atoms with van der Waals surface area (Å²) in [5.74, 6) is 1.74. The normalized spacial score (nSPS) is 19.2. The predicted molar refractivity (Wildman–Crippen MR) is 48.6 cm³/mol. The van der Waals surface area contributed by atoms with E-state index in [9.17, 15) is 0 Å². The molecule has 4 nitrogen and oxygen atoms in total. The summed E-state index contributed by atoms with van der Waals surface area (Å²) in [4.78, 5) is 0. The van der Waals surface area contributed by atoms with E-state index in [2.05, 4.69) is 14.8 Å². The molecule has 1 atom stereocenters. The lowest BCUT2D eigenvalue weighted by molar-refractivity contribution is 0.122. The van der Waals surface area contributed by atoms with Crippen LogP contribution in [0.25, 0.3) is 0 Å². The number of rotatable bonds is 1. The van der Waals surface area contributed by atoms with Gasteiger partial charge >= 0.3 is 0 Å². The van der Waals surface area contributed by atoms with Crippen LogP contribution in [0.2, 0.25) is 0 Å². The molecule has 0 saturated carbocycles. The first kappa shape index (κ1) is 8.97. The van der Waals surface area contributed by atoms with E-state index in [4.69, 9.17) is 16.3 Å². The molecular weight excluding hydrogens is 190 g/mol. The van der Waals surface area contributed by atoms with Crippen LogP contribution in [-0.4, -0.2) is 21.4 Å². The minimum Gasteiger partial charge on any atom is -0.373 e. The highest BCUT2D eigenvalue weighted by Gasteiger charge is 2.17. The topological polar surface area (TPSA) is 39.9 Å². The first-order chi connectivity index (χ1) is 6.29. The number of fused-ring (bicyclic) bond motifs is 1. The summed E-state index contributed by atoms with van der Waals surface area (Å²) >= 11 is 5.97. The summed E-state index contributed by atoms with van der Waals surface area (Å²) < 4.78 is 7.41. The van der Waals surface area contributed by atoms with Crippen LogP contribution in [0.1, 0.15) is 30.4 Å². The standard InChI is InChI=1S/C8H12ClN3O/c1-6(9)8-11-10-7-5-13-4-2-3-12(7)8/h6H,2-5H2,1H3. The van der Waals surface area contributed by atoms with Gasteiger partial charge in [0.2, 0.25) is 0 Å². The maximum absolute atomic E-state index is 5.97. The second kappa shape index (κ2) is 3.64. The zero-order valence-corrected chi connectivity index (χ0v) is 8.29. The van der Waals surface area contributed by atoms with Crippen molar-refractivity contribution >= 4 is 11.6 Å². The van der Waals surface area contributed by atoms with Gasteiger partial charge < -0.3 is 9.30 Å². The predicted octanol–water partition coefficient (Wildman–Crippen LogP) is 1.50. The van der Waals surface area contributed by atoms with Crippen molar-refractivity contribution in [2.45, 2.75) is 31.9 Å². The summed E-state index contributed by atoms with van der Waals surface area (Å²) in [7, 11) is 0. The number of ether oxygens (including phenoxy) is 1. The van der Waals surface area contributed by atoms with E-state index in [0.717, 1.165) is 31.2 Å². The highest BCUT2D eigenvalue weighted by molar-refractivity contribution is 6.20. The van der Waals surface area contributed by atoms with Crippen LogP contribution in [-0.2, 0) is 17.9 Å². The lowest BCUT2D eigenvalue weighted by Crippen LogP contribution is -2.06. The molecule has 0 fully saturated rings. The van der Waals surface area contributed by atoms with E-state index in [1.54, 1.807) is 0 Å². The molecule has 0 aliphatic carbocycles. The molecule has 1 aliphatic rings. The Morgan fingerprint density at radius 3 is 3.15 bits per heavy atom. The lowest BCUT2D eigenvalue weighted by Gasteiger charge is -2.06. The van der Waals surface area contributed by atoms with Crippen molar-refractivity contribution in [3.05, 3.63) is 11.6 Å². The molecule has 0 radical (unpaired) electrons. The molecule has 0 bridgehead atoms. The largest absolute Gasteiger partial charge is 0.373 e. The van der Waals surface area contributed by atoms with E-state index in [1.807, 2.05) is 6.92 Å². The van der Waals surface area contributed by atoms with Crippen LogP contribution in [0.5, 0.6) is 0 Å². The third-order valence-electron chi connectivity index (χ3n) is 2.11. The average molecular weight is 202 g/mol. The van der Waals surface area contributed by atoms with Gasteiger partial charge in [-0.1, -0.05) is 0 Å².